The molecule has 0 saturated heterocycles. The fraction of sp³-hybridized carbons (Fsp3) is 0.235. The van der Waals surface area contributed by atoms with Crippen LogP contribution >= 0.6 is 0 Å². The van der Waals surface area contributed by atoms with Crippen molar-refractivity contribution in [2.45, 2.75) is 26.2 Å². The lowest BCUT2D eigenvalue weighted by Gasteiger charge is -2.38. The standard InChI is InChI=1S/C17H18N2/c1-10-13-6-4-11(18)8-15(13)17(2,3)16-9-12(19)5-7-14(10)16/h4-9,18H,19H2,1-3H3/p+1. The Hall–Kier alpha value is -2.09. The number of benzene rings is 1. The molecule has 0 heterocycles. The first-order chi connectivity index (χ1) is 8.91. The second-order valence-electron chi connectivity index (χ2n) is 5.86. The molecule has 96 valence electrons. The van der Waals surface area contributed by atoms with Crippen LogP contribution in [0.5, 0.6) is 0 Å². The number of rotatable bonds is 0. The Morgan fingerprint density at radius 1 is 1.16 bits per heavy atom. The molecule has 1 aromatic carbocycles. The predicted octanol–water partition coefficient (Wildman–Crippen LogP) is 2.03. The Balaban J connectivity index is 2.37. The normalized spacial score (nSPS) is 19.9. The quantitative estimate of drug-likeness (QED) is 0.681. The molecule has 2 nitrogen and oxygen atoms in total. The Morgan fingerprint density at radius 3 is 2.63 bits per heavy atom. The zero-order valence-electron chi connectivity index (χ0n) is 11.6. The van der Waals surface area contributed by atoms with Crippen molar-refractivity contribution in [3.8, 4) is 0 Å². The van der Waals surface area contributed by atoms with Gasteiger partial charge in [-0.1, -0.05) is 19.9 Å². The maximum atomic E-state index is 5.96. The molecular formula is C17H19N2+. The Kier molecular flexibility index (Phi) is 2.33. The first-order valence-corrected chi connectivity index (χ1v) is 6.55. The van der Waals surface area contributed by atoms with Gasteiger partial charge in [-0.05, 0) is 53.0 Å². The summed E-state index contributed by atoms with van der Waals surface area (Å²) < 4.78 is 0. The van der Waals surface area contributed by atoms with Crippen molar-refractivity contribution in [2.75, 3.05) is 5.73 Å². The minimum atomic E-state index is -0.0745. The Labute approximate surface area is 113 Å². The molecule has 0 fully saturated rings. The molecule has 0 spiro atoms. The molecule has 0 saturated carbocycles. The smallest absolute Gasteiger partial charge is 0.196 e. The summed E-state index contributed by atoms with van der Waals surface area (Å²) in [6, 6.07) is 6.19. The minimum absolute atomic E-state index is 0.0745. The van der Waals surface area contributed by atoms with E-state index in [1.165, 1.54) is 27.8 Å². The summed E-state index contributed by atoms with van der Waals surface area (Å²) in [6.07, 6.45) is 6.19. The molecule has 0 bridgehead atoms. The van der Waals surface area contributed by atoms with Crippen molar-refractivity contribution in [3.63, 3.8) is 0 Å². The van der Waals surface area contributed by atoms with E-state index in [-0.39, 0.29) is 5.41 Å². The fourth-order valence-electron chi connectivity index (χ4n) is 3.10. The topological polar surface area (TPSA) is 51.6 Å². The van der Waals surface area contributed by atoms with Crippen LogP contribution in [0, 0.1) is 0 Å². The molecule has 0 aromatic heterocycles. The summed E-state index contributed by atoms with van der Waals surface area (Å²) in [5, 5.41) is 5.96. The fourth-order valence-corrected chi connectivity index (χ4v) is 3.10. The van der Waals surface area contributed by atoms with Gasteiger partial charge in [0.1, 0.15) is 0 Å². The van der Waals surface area contributed by atoms with E-state index < -0.39 is 0 Å². The molecule has 3 rings (SSSR count). The van der Waals surface area contributed by atoms with Gasteiger partial charge in [0, 0.05) is 23.3 Å². The van der Waals surface area contributed by atoms with Gasteiger partial charge in [0.2, 0.25) is 0 Å². The minimum Gasteiger partial charge on any atom is -0.399 e. The highest BCUT2D eigenvalue weighted by atomic mass is 14.5. The molecule has 2 heteroatoms. The maximum absolute atomic E-state index is 5.96. The number of nitrogen functional groups attached to an aromatic ring is 1. The molecular weight excluding hydrogens is 232 g/mol. The maximum Gasteiger partial charge on any atom is 0.196 e. The van der Waals surface area contributed by atoms with E-state index in [0.29, 0.717) is 0 Å². The van der Waals surface area contributed by atoms with Crippen LogP contribution in [0.4, 0.5) is 5.69 Å². The third-order valence-corrected chi connectivity index (χ3v) is 4.24. The number of fused-ring (bicyclic) bond motifs is 2. The van der Waals surface area contributed by atoms with Crippen molar-refractivity contribution in [3.05, 3.63) is 58.7 Å². The molecule has 0 amide bonds. The molecule has 2 aliphatic carbocycles. The molecule has 0 radical (unpaired) electrons. The van der Waals surface area contributed by atoms with Gasteiger partial charge in [0.05, 0.1) is 0 Å². The molecule has 19 heavy (non-hydrogen) atoms. The monoisotopic (exact) mass is 251 g/mol. The third kappa shape index (κ3) is 1.60. The van der Waals surface area contributed by atoms with E-state index >= 15 is 0 Å². The van der Waals surface area contributed by atoms with E-state index in [2.05, 4.69) is 45.1 Å². The second-order valence-corrected chi connectivity index (χ2v) is 5.86. The van der Waals surface area contributed by atoms with E-state index in [0.717, 1.165) is 11.4 Å². The third-order valence-electron chi connectivity index (χ3n) is 4.24. The first-order valence-electron chi connectivity index (χ1n) is 6.55. The molecule has 0 aliphatic heterocycles. The average molecular weight is 251 g/mol. The van der Waals surface area contributed by atoms with Crippen LogP contribution in [0.2, 0.25) is 0 Å². The summed E-state index contributed by atoms with van der Waals surface area (Å²) in [5.41, 5.74) is 13.9. The van der Waals surface area contributed by atoms with Crippen molar-refractivity contribution in [1.29, 1.82) is 0 Å². The van der Waals surface area contributed by atoms with Gasteiger partial charge in [-0.3, -0.25) is 5.41 Å². The molecule has 0 unspecified atom stereocenters. The van der Waals surface area contributed by atoms with Gasteiger partial charge in [-0.25, -0.2) is 0 Å². The lowest BCUT2D eigenvalue weighted by molar-refractivity contribution is -0.110. The zero-order chi connectivity index (χ0) is 13.8. The molecule has 1 aromatic rings. The lowest BCUT2D eigenvalue weighted by Crippen LogP contribution is -2.40. The van der Waals surface area contributed by atoms with Crippen LogP contribution < -0.4 is 11.1 Å². The SMILES string of the molecule is CC1=C2C=CC(=[NH2+])C=C2C(C)(C)c2cc(N)ccc21. The van der Waals surface area contributed by atoms with Crippen LogP contribution in [-0.4, -0.2) is 5.71 Å². The number of hydrogen-bond acceptors (Lipinski definition) is 1. The van der Waals surface area contributed by atoms with Crippen molar-refractivity contribution in [1.82, 2.24) is 0 Å². The number of nitrogens with two attached hydrogens (primary N) is 2. The van der Waals surface area contributed by atoms with E-state index in [9.17, 15) is 0 Å². The highest BCUT2D eigenvalue weighted by Crippen LogP contribution is 2.47. The van der Waals surface area contributed by atoms with Crippen LogP contribution in [0.3, 0.4) is 0 Å². The van der Waals surface area contributed by atoms with Crippen molar-refractivity contribution < 1.29 is 5.41 Å². The van der Waals surface area contributed by atoms with Crippen LogP contribution in [0.15, 0.2) is 47.6 Å². The summed E-state index contributed by atoms with van der Waals surface area (Å²) in [6.45, 7) is 6.63. The lowest BCUT2D eigenvalue weighted by atomic mass is 9.65. The Bertz CT molecular complexity index is 685. The summed E-state index contributed by atoms with van der Waals surface area (Å²) in [7, 11) is 0. The van der Waals surface area contributed by atoms with E-state index in [1.54, 1.807) is 0 Å². The molecule has 0 atom stereocenters. The highest BCUT2D eigenvalue weighted by Gasteiger charge is 2.36. The van der Waals surface area contributed by atoms with Gasteiger partial charge >= 0.3 is 0 Å². The second kappa shape index (κ2) is 3.70. The summed E-state index contributed by atoms with van der Waals surface area (Å²) >= 11 is 0. The van der Waals surface area contributed by atoms with Crippen molar-refractivity contribution in [2.24, 2.45) is 0 Å². The van der Waals surface area contributed by atoms with Crippen molar-refractivity contribution >= 4 is 17.0 Å². The average Bonchev–Trinajstić information content (AvgIpc) is 2.36. The summed E-state index contributed by atoms with van der Waals surface area (Å²) in [5.74, 6) is 0. The Morgan fingerprint density at radius 2 is 1.89 bits per heavy atom. The van der Waals surface area contributed by atoms with Crippen LogP contribution in [-0.2, 0) is 5.41 Å². The molecule has 4 N–H and O–H groups in total. The predicted molar refractivity (Wildman–Crippen MR) is 80.6 cm³/mol. The van der Waals surface area contributed by atoms with E-state index in [1.807, 2.05) is 12.1 Å². The van der Waals surface area contributed by atoms with Crippen LogP contribution in [0.25, 0.3) is 5.57 Å². The van der Waals surface area contributed by atoms with Gasteiger partial charge in [-0.15, -0.1) is 0 Å². The zero-order valence-corrected chi connectivity index (χ0v) is 11.6. The van der Waals surface area contributed by atoms with Gasteiger partial charge < -0.3 is 5.73 Å². The van der Waals surface area contributed by atoms with Gasteiger partial charge in [-0.2, -0.15) is 0 Å². The first kappa shape index (κ1) is 12.0. The summed E-state index contributed by atoms with van der Waals surface area (Å²) in [4.78, 5) is 0. The van der Waals surface area contributed by atoms with Gasteiger partial charge in [0.15, 0.2) is 5.71 Å². The van der Waals surface area contributed by atoms with Crippen LogP contribution in [0.1, 0.15) is 31.9 Å². The number of anilines is 1. The number of allylic oxidation sites excluding steroid dienone is 6. The van der Waals surface area contributed by atoms with E-state index in [4.69, 9.17) is 11.1 Å². The highest BCUT2D eigenvalue weighted by molar-refractivity contribution is 6.04. The number of hydrogen-bond donors (Lipinski definition) is 2. The van der Waals surface area contributed by atoms with Gasteiger partial charge in [0.25, 0.3) is 0 Å². The molecule has 2 aliphatic rings. The largest absolute Gasteiger partial charge is 0.399 e.